The van der Waals surface area contributed by atoms with Crippen LogP contribution in [0.1, 0.15) is 38.8 Å². The second-order valence-electron chi connectivity index (χ2n) is 8.47. The van der Waals surface area contributed by atoms with Gasteiger partial charge in [0.2, 0.25) is 0 Å². The largest absolute Gasteiger partial charge is 0.361 e. The summed E-state index contributed by atoms with van der Waals surface area (Å²) >= 11 is 18.8. The number of nitrogens with zero attached hydrogens (tertiary/aromatic N) is 2. The molecule has 27 heavy (non-hydrogen) atoms. The van der Waals surface area contributed by atoms with Crippen molar-refractivity contribution in [2.75, 3.05) is 31.1 Å². The molecule has 1 saturated heterocycles. The van der Waals surface area contributed by atoms with Gasteiger partial charge in [-0.05, 0) is 54.3 Å². The molecule has 5 heteroatoms. The lowest BCUT2D eigenvalue weighted by molar-refractivity contribution is 0.193. The number of piperazine rings is 1. The van der Waals surface area contributed by atoms with Gasteiger partial charge < -0.3 is 4.90 Å². The summed E-state index contributed by atoms with van der Waals surface area (Å²) < 4.78 is 0. The highest BCUT2D eigenvalue weighted by Crippen LogP contribution is 2.37. The van der Waals surface area contributed by atoms with Gasteiger partial charge in [-0.2, -0.15) is 0 Å². The quantitative estimate of drug-likeness (QED) is 0.523. The summed E-state index contributed by atoms with van der Waals surface area (Å²) in [5.74, 6) is 0. The number of halogens is 3. The van der Waals surface area contributed by atoms with Crippen molar-refractivity contribution in [2.45, 2.75) is 33.2 Å². The molecule has 3 rings (SSSR count). The van der Waals surface area contributed by atoms with Crippen LogP contribution in [0.3, 0.4) is 0 Å². The fourth-order valence-electron chi connectivity index (χ4n) is 3.51. The summed E-state index contributed by atoms with van der Waals surface area (Å²) in [6, 6.07) is 14.2. The van der Waals surface area contributed by atoms with E-state index in [0.717, 1.165) is 36.9 Å². The van der Waals surface area contributed by atoms with Gasteiger partial charge in [0.25, 0.3) is 0 Å². The van der Waals surface area contributed by atoms with Crippen molar-refractivity contribution < 1.29 is 0 Å². The van der Waals surface area contributed by atoms with Gasteiger partial charge >= 0.3 is 0 Å². The Bertz CT molecular complexity index is 768. The minimum Gasteiger partial charge on any atom is -0.361 e. The first-order valence-corrected chi connectivity index (χ1v) is 10.6. The van der Waals surface area contributed by atoms with Gasteiger partial charge in [-0.15, -0.1) is 0 Å². The summed E-state index contributed by atoms with van der Waals surface area (Å²) in [5.41, 5.74) is 2.63. The molecule has 0 bridgehead atoms. The Hall–Kier alpha value is -0.930. The Kier molecular flexibility index (Phi) is 6.63. The van der Waals surface area contributed by atoms with E-state index in [2.05, 4.69) is 42.7 Å². The highest BCUT2D eigenvalue weighted by Gasteiger charge is 2.30. The second-order valence-corrected chi connectivity index (χ2v) is 9.75. The Morgan fingerprint density at radius 2 is 1.59 bits per heavy atom. The molecular formula is C22H27Cl3N2. The van der Waals surface area contributed by atoms with E-state index in [1.165, 1.54) is 12.0 Å². The first-order valence-electron chi connectivity index (χ1n) is 9.42. The molecule has 1 unspecified atom stereocenters. The fourth-order valence-corrected chi connectivity index (χ4v) is 4.15. The van der Waals surface area contributed by atoms with Crippen molar-refractivity contribution in [3.05, 3.63) is 63.1 Å². The molecule has 146 valence electrons. The standard InChI is InChI=1S/C22H27Cl3N2/c1-22(2,3)10-11-26-12-13-27(20-9-8-18(24)14-19(20)25)21(15-26)16-4-6-17(23)7-5-16/h4-9,14,21H,10-13,15H2,1-3H3. The fraction of sp³-hybridized carbons (Fsp3) is 0.455. The molecule has 0 saturated carbocycles. The van der Waals surface area contributed by atoms with Crippen molar-refractivity contribution >= 4 is 40.5 Å². The van der Waals surface area contributed by atoms with E-state index >= 15 is 0 Å². The van der Waals surface area contributed by atoms with Crippen LogP contribution in [-0.4, -0.2) is 31.1 Å². The van der Waals surface area contributed by atoms with Crippen molar-refractivity contribution in [3.8, 4) is 0 Å². The van der Waals surface area contributed by atoms with Crippen LogP contribution < -0.4 is 4.90 Å². The summed E-state index contributed by atoms with van der Waals surface area (Å²) in [7, 11) is 0. The van der Waals surface area contributed by atoms with Crippen molar-refractivity contribution in [1.29, 1.82) is 0 Å². The number of hydrogen-bond donors (Lipinski definition) is 0. The predicted octanol–water partition coefficient (Wildman–Crippen LogP) is 6.95. The monoisotopic (exact) mass is 424 g/mol. The van der Waals surface area contributed by atoms with Gasteiger partial charge in [0.15, 0.2) is 0 Å². The predicted molar refractivity (Wildman–Crippen MR) is 119 cm³/mol. The Morgan fingerprint density at radius 3 is 2.22 bits per heavy atom. The third-order valence-electron chi connectivity index (χ3n) is 5.12. The molecule has 1 aliphatic heterocycles. The van der Waals surface area contributed by atoms with Crippen molar-refractivity contribution in [2.24, 2.45) is 5.41 Å². The molecule has 1 heterocycles. The SMILES string of the molecule is CC(C)(C)CCN1CCN(c2ccc(Cl)cc2Cl)C(c2ccc(Cl)cc2)C1. The molecule has 0 amide bonds. The Labute approximate surface area is 178 Å². The van der Waals surface area contributed by atoms with Crippen LogP contribution in [0.4, 0.5) is 5.69 Å². The molecular weight excluding hydrogens is 399 g/mol. The van der Waals surface area contributed by atoms with E-state index in [-0.39, 0.29) is 6.04 Å². The van der Waals surface area contributed by atoms with Gasteiger partial charge in [0.05, 0.1) is 16.8 Å². The maximum atomic E-state index is 6.54. The summed E-state index contributed by atoms with van der Waals surface area (Å²) in [6.45, 7) is 10.9. The minimum absolute atomic E-state index is 0.231. The molecule has 2 aromatic rings. The lowest BCUT2D eigenvalue weighted by Crippen LogP contribution is -2.49. The lowest BCUT2D eigenvalue weighted by Gasteiger charge is -2.44. The van der Waals surface area contributed by atoms with Crippen LogP contribution in [0.25, 0.3) is 0 Å². The maximum Gasteiger partial charge on any atom is 0.0670 e. The van der Waals surface area contributed by atoms with Crippen molar-refractivity contribution in [1.82, 2.24) is 4.90 Å². The van der Waals surface area contributed by atoms with E-state index in [1.807, 2.05) is 30.3 Å². The van der Waals surface area contributed by atoms with Gasteiger partial charge in [-0.1, -0.05) is 67.7 Å². The van der Waals surface area contributed by atoms with Gasteiger partial charge in [0, 0.05) is 29.7 Å². The zero-order valence-corrected chi connectivity index (χ0v) is 18.5. The molecule has 1 aliphatic rings. The van der Waals surface area contributed by atoms with Crippen LogP contribution in [-0.2, 0) is 0 Å². The Morgan fingerprint density at radius 1 is 0.926 bits per heavy atom. The van der Waals surface area contributed by atoms with E-state index in [9.17, 15) is 0 Å². The topological polar surface area (TPSA) is 6.48 Å². The molecule has 2 aromatic carbocycles. The molecule has 0 aliphatic carbocycles. The summed E-state index contributed by atoms with van der Waals surface area (Å²) in [4.78, 5) is 4.96. The smallest absolute Gasteiger partial charge is 0.0670 e. The molecule has 0 aromatic heterocycles. The van der Waals surface area contributed by atoms with Gasteiger partial charge in [0.1, 0.15) is 0 Å². The van der Waals surface area contributed by atoms with Crippen LogP contribution in [0, 0.1) is 5.41 Å². The average Bonchev–Trinajstić information content (AvgIpc) is 2.60. The van der Waals surface area contributed by atoms with E-state index in [1.54, 1.807) is 0 Å². The van der Waals surface area contributed by atoms with E-state index in [4.69, 9.17) is 34.8 Å². The van der Waals surface area contributed by atoms with Gasteiger partial charge in [-0.3, -0.25) is 4.90 Å². The van der Waals surface area contributed by atoms with E-state index in [0.29, 0.717) is 15.5 Å². The normalized spacial score (nSPS) is 18.7. The molecule has 0 N–H and O–H groups in total. The summed E-state index contributed by atoms with van der Waals surface area (Å²) in [5, 5.41) is 2.12. The molecule has 1 fully saturated rings. The second kappa shape index (κ2) is 8.61. The molecule has 2 nitrogen and oxygen atoms in total. The first-order chi connectivity index (χ1) is 12.7. The zero-order chi connectivity index (χ0) is 19.6. The Balaban J connectivity index is 1.87. The van der Waals surface area contributed by atoms with E-state index < -0.39 is 0 Å². The number of benzene rings is 2. The number of rotatable bonds is 4. The van der Waals surface area contributed by atoms with Crippen LogP contribution >= 0.6 is 34.8 Å². The van der Waals surface area contributed by atoms with Crippen LogP contribution in [0.5, 0.6) is 0 Å². The highest BCUT2D eigenvalue weighted by molar-refractivity contribution is 6.36. The lowest BCUT2D eigenvalue weighted by atomic mass is 9.91. The average molecular weight is 426 g/mol. The zero-order valence-electron chi connectivity index (χ0n) is 16.2. The van der Waals surface area contributed by atoms with Crippen LogP contribution in [0.2, 0.25) is 15.1 Å². The number of hydrogen-bond acceptors (Lipinski definition) is 2. The molecule has 0 spiro atoms. The third-order valence-corrected chi connectivity index (χ3v) is 5.91. The van der Waals surface area contributed by atoms with Crippen LogP contribution in [0.15, 0.2) is 42.5 Å². The third kappa shape index (κ3) is 5.54. The molecule has 1 atom stereocenters. The maximum absolute atomic E-state index is 6.54. The highest BCUT2D eigenvalue weighted by atomic mass is 35.5. The minimum atomic E-state index is 0.231. The molecule has 0 radical (unpaired) electrons. The van der Waals surface area contributed by atoms with Crippen molar-refractivity contribution in [3.63, 3.8) is 0 Å². The first kappa shape index (κ1) is 20.8. The summed E-state index contributed by atoms with van der Waals surface area (Å²) in [6.07, 6.45) is 1.18. The number of anilines is 1. The van der Waals surface area contributed by atoms with Gasteiger partial charge in [-0.25, -0.2) is 0 Å².